The average molecular weight is 845 g/mol. The zero-order chi connectivity index (χ0) is 41.3. The zero-order valence-corrected chi connectivity index (χ0v) is 32.0. The van der Waals surface area contributed by atoms with Gasteiger partial charge in [-0.15, -0.1) is 11.3 Å². The molecule has 2 amide bonds. The van der Waals surface area contributed by atoms with Crippen LogP contribution >= 0.6 is 18.9 Å². The van der Waals surface area contributed by atoms with Crippen LogP contribution in [0.1, 0.15) is 39.1 Å². The second-order valence-corrected chi connectivity index (χ2v) is 16.9. The van der Waals surface area contributed by atoms with Gasteiger partial charge in [0.25, 0.3) is 21.8 Å². The smallest absolute Gasteiger partial charge is 0.391 e. The third-order valence-corrected chi connectivity index (χ3v) is 12.0. The standard InChI is InChI=1S/C36H34FN4O13PS2/c37-26-17-25(6-3-23(26)19-38)54-55(48,49)20-41-57(50,51)34-16-24-15-31(52-11-1-9-39-35(46)21-4-7-27(42)29(44)13-21)32(18-33(24)56-34)53-12-2-10-40-36(47)22-5-8-28(43)30(45)14-22/h3-8,13-18,41-45H,1-2,9-12,20H2,(H,39,46)(H,40,47)(H,48,49). The fraction of sp³-hybridized carbons (Fsp3) is 0.194. The quantitative estimate of drug-likeness (QED) is 0.0339. The van der Waals surface area contributed by atoms with E-state index in [0.29, 0.717) is 22.9 Å². The monoisotopic (exact) mass is 844 g/mol. The van der Waals surface area contributed by atoms with Crippen molar-refractivity contribution in [2.45, 2.75) is 17.1 Å². The van der Waals surface area contributed by atoms with Crippen LogP contribution in [0.3, 0.4) is 0 Å². The summed E-state index contributed by atoms with van der Waals surface area (Å²) in [4.78, 5) is 35.2. The summed E-state index contributed by atoms with van der Waals surface area (Å²) in [5, 5.41) is 52.9. The Morgan fingerprint density at radius 3 is 1.88 bits per heavy atom. The van der Waals surface area contributed by atoms with E-state index in [0.717, 1.165) is 41.7 Å². The second kappa shape index (κ2) is 18.2. The molecule has 0 fully saturated rings. The van der Waals surface area contributed by atoms with E-state index in [9.17, 15) is 52.3 Å². The first-order valence-corrected chi connectivity index (χ1v) is 20.8. The number of ether oxygens (including phenoxy) is 2. The van der Waals surface area contributed by atoms with Crippen molar-refractivity contribution in [3.05, 3.63) is 95.3 Å². The first kappa shape index (κ1) is 42.1. The Morgan fingerprint density at radius 2 is 1.35 bits per heavy atom. The number of carbonyl (C=O) groups is 2. The highest BCUT2D eigenvalue weighted by Gasteiger charge is 2.27. The van der Waals surface area contributed by atoms with E-state index in [1.54, 1.807) is 6.07 Å². The van der Waals surface area contributed by atoms with E-state index >= 15 is 0 Å². The summed E-state index contributed by atoms with van der Waals surface area (Å²) in [7, 11) is -9.08. The number of rotatable bonds is 18. The molecule has 8 N–H and O–H groups in total. The molecule has 0 saturated heterocycles. The van der Waals surface area contributed by atoms with Gasteiger partial charge in [-0.3, -0.25) is 9.59 Å². The first-order chi connectivity index (χ1) is 27.0. The fourth-order valence-corrected chi connectivity index (χ4v) is 8.86. The molecule has 17 nitrogen and oxygen atoms in total. The largest absolute Gasteiger partial charge is 0.504 e. The van der Waals surface area contributed by atoms with Crippen molar-refractivity contribution in [1.29, 1.82) is 5.26 Å². The van der Waals surface area contributed by atoms with E-state index < -0.39 is 58.8 Å². The number of nitrogens with one attached hydrogen (secondary N) is 3. The highest BCUT2D eigenvalue weighted by Crippen LogP contribution is 2.43. The number of sulfonamides is 1. The third kappa shape index (κ3) is 11.2. The lowest BCUT2D eigenvalue weighted by Crippen LogP contribution is -2.25. The van der Waals surface area contributed by atoms with Crippen molar-refractivity contribution in [3.63, 3.8) is 0 Å². The maximum Gasteiger partial charge on any atom is 0.391 e. The summed E-state index contributed by atoms with van der Waals surface area (Å²) in [6, 6.07) is 16.1. The first-order valence-electron chi connectivity index (χ1n) is 16.7. The molecule has 0 bridgehead atoms. The molecule has 1 heterocycles. The van der Waals surface area contributed by atoms with Gasteiger partial charge >= 0.3 is 7.60 Å². The minimum absolute atomic E-state index is 0.0598. The van der Waals surface area contributed by atoms with Gasteiger partial charge in [0, 0.05) is 41.0 Å². The lowest BCUT2D eigenvalue weighted by Gasteiger charge is -2.14. The topological polar surface area (TPSA) is 274 Å². The summed E-state index contributed by atoms with van der Waals surface area (Å²) in [6.07, 6.45) is -0.459. The average Bonchev–Trinajstić information content (AvgIpc) is 3.60. The number of amides is 2. The highest BCUT2D eigenvalue weighted by molar-refractivity contribution is 7.92. The van der Waals surface area contributed by atoms with Crippen LogP contribution in [0.4, 0.5) is 4.39 Å². The predicted octanol–water partition coefficient (Wildman–Crippen LogP) is 4.63. The van der Waals surface area contributed by atoms with E-state index in [-0.39, 0.29) is 70.2 Å². The van der Waals surface area contributed by atoms with E-state index in [2.05, 4.69) is 10.6 Å². The molecule has 0 aliphatic heterocycles. The van der Waals surface area contributed by atoms with E-state index in [1.807, 2.05) is 4.72 Å². The lowest BCUT2D eigenvalue weighted by atomic mass is 10.2. The van der Waals surface area contributed by atoms with Crippen LogP contribution in [0.15, 0.2) is 77.0 Å². The Bertz CT molecular complexity index is 2400. The molecule has 0 saturated carbocycles. The van der Waals surface area contributed by atoms with Crippen LogP contribution in [-0.4, -0.2) is 78.1 Å². The molecular weight excluding hydrogens is 811 g/mol. The Kier molecular flexibility index (Phi) is 13.4. The van der Waals surface area contributed by atoms with Gasteiger partial charge in [-0.1, -0.05) is 0 Å². The minimum Gasteiger partial charge on any atom is -0.504 e. The number of phenols is 4. The Hall–Kier alpha value is -6.10. The number of aromatic hydroxyl groups is 4. The van der Waals surface area contributed by atoms with Gasteiger partial charge in [-0.25, -0.2) is 17.4 Å². The molecule has 57 heavy (non-hydrogen) atoms. The summed E-state index contributed by atoms with van der Waals surface area (Å²) in [5.74, 6) is -3.62. The van der Waals surface area contributed by atoms with Crippen molar-refractivity contribution in [2.75, 3.05) is 32.6 Å². The number of fused-ring (bicyclic) bond motifs is 1. The SMILES string of the molecule is N#Cc1ccc(OP(=O)(O)CNS(=O)(=O)c2cc3cc(OCCCNC(=O)c4ccc(O)c(O)c4)c(OCCCNC(=O)c4ccc(O)c(O)c4)cc3s2)cc1F. The lowest BCUT2D eigenvalue weighted by molar-refractivity contribution is 0.0942. The van der Waals surface area contributed by atoms with Gasteiger partial charge < -0.3 is 50.0 Å². The van der Waals surface area contributed by atoms with Crippen LogP contribution in [0.2, 0.25) is 0 Å². The van der Waals surface area contributed by atoms with Crippen molar-refractivity contribution >= 4 is 50.9 Å². The molecule has 0 aliphatic rings. The maximum atomic E-state index is 13.9. The van der Waals surface area contributed by atoms with Crippen LogP contribution in [0.5, 0.6) is 40.2 Å². The van der Waals surface area contributed by atoms with Crippen molar-refractivity contribution < 1.29 is 66.3 Å². The Balaban J connectivity index is 1.24. The molecule has 0 spiro atoms. The molecule has 1 atom stereocenters. The number of nitrogens with zero attached hydrogens (tertiary/aromatic N) is 1. The van der Waals surface area contributed by atoms with Gasteiger partial charge in [-0.05, 0) is 78.9 Å². The van der Waals surface area contributed by atoms with Gasteiger partial charge in [-0.2, -0.15) is 9.98 Å². The number of benzene rings is 4. The summed E-state index contributed by atoms with van der Waals surface area (Å²) in [6.45, 7) is 0.432. The van der Waals surface area contributed by atoms with Gasteiger partial charge in [0.2, 0.25) is 0 Å². The molecule has 300 valence electrons. The Morgan fingerprint density at radius 1 is 0.789 bits per heavy atom. The number of hydrogen-bond acceptors (Lipinski definition) is 14. The van der Waals surface area contributed by atoms with Crippen LogP contribution in [-0.2, 0) is 14.6 Å². The number of thiophene rings is 1. The number of phenolic OH excluding ortho intramolecular Hbond substituents is 4. The van der Waals surface area contributed by atoms with Gasteiger partial charge in [0.1, 0.15) is 28.1 Å². The van der Waals surface area contributed by atoms with Crippen molar-refractivity contribution in [3.8, 4) is 46.3 Å². The minimum atomic E-state index is -4.69. The molecule has 0 aliphatic carbocycles. The molecule has 4 aromatic carbocycles. The molecule has 5 aromatic rings. The van der Waals surface area contributed by atoms with Crippen LogP contribution < -0.4 is 29.4 Å². The fourth-order valence-electron chi connectivity index (χ4n) is 4.90. The van der Waals surface area contributed by atoms with Crippen LogP contribution in [0.25, 0.3) is 10.1 Å². The summed E-state index contributed by atoms with van der Waals surface area (Å²) in [5.41, 5.74) is -0.0732. The van der Waals surface area contributed by atoms with Gasteiger partial charge in [0.05, 0.1) is 18.8 Å². The molecule has 1 unspecified atom stereocenters. The second-order valence-electron chi connectivity index (χ2n) is 12.0. The normalized spacial score (nSPS) is 12.3. The molecule has 21 heteroatoms. The van der Waals surface area contributed by atoms with E-state index in [4.69, 9.17) is 19.3 Å². The highest BCUT2D eigenvalue weighted by atomic mass is 32.2. The summed E-state index contributed by atoms with van der Waals surface area (Å²) < 4.78 is 72.1. The molecular formula is C36H34FN4O13PS2. The molecule has 1 aromatic heterocycles. The Labute approximate surface area is 328 Å². The van der Waals surface area contributed by atoms with Crippen LogP contribution in [0, 0.1) is 17.1 Å². The summed E-state index contributed by atoms with van der Waals surface area (Å²) >= 11 is 0.815. The van der Waals surface area contributed by atoms with Crippen molar-refractivity contribution in [1.82, 2.24) is 15.4 Å². The molecule has 5 rings (SSSR count). The number of nitriles is 1. The maximum absolute atomic E-state index is 13.9. The number of carbonyl (C=O) groups excluding carboxylic acids is 2. The van der Waals surface area contributed by atoms with E-state index in [1.165, 1.54) is 42.5 Å². The third-order valence-electron chi connectivity index (χ3n) is 7.79. The number of hydrogen-bond donors (Lipinski definition) is 8. The molecule has 0 radical (unpaired) electrons. The van der Waals surface area contributed by atoms with Crippen molar-refractivity contribution in [2.24, 2.45) is 0 Å². The zero-order valence-electron chi connectivity index (χ0n) is 29.5. The van der Waals surface area contributed by atoms with Gasteiger partial charge in [0.15, 0.2) is 34.5 Å². The predicted molar refractivity (Wildman–Crippen MR) is 203 cm³/mol. The number of halogens is 1.